The van der Waals surface area contributed by atoms with Gasteiger partial charge in [0.05, 0.1) is 0 Å². The molecule has 2 aromatic carbocycles. The Bertz CT molecular complexity index is 711. The van der Waals surface area contributed by atoms with E-state index in [0.29, 0.717) is 0 Å². The van der Waals surface area contributed by atoms with Crippen molar-refractivity contribution in [2.75, 3.05) is 0 Å². The van der Waals surface area contributed by atoms with Gasteiger partial charge >= 0.3 is 0 Å². The minimum absolute atomic E-state index is 0.221. The van der Waals surface area contributed by atoms with Crippen molar-refractivity contribution < 1.29 is 0 Å². The zero-order valence-corrected chi connectivity index (χ0v) is 14.9. The van der Waals surface area contributed by atoms with Gasteiger partial charge < -0.3 is 0 Å². The monoisotopic (exact) mass is 292 g/mol. The summed E-state index contributed by atoms with van der Waals surface area (Å²) < 4.78 is 0. The number of hydrogen-bond donors (Lipinski definition) is 0. The first kappa shape index (κ1) is 15.3. The third kappa shape index (κ3) is 2.49. The molecule has 0 bridgehead atoms. The molecule has 0 fully saturated rings. The largest absolute Gasteiger partial charge is 0.0646 e. The molecule has 2 aromatic rings. The molecule has 0 heterocycles. The fourth-order valence-electron chi connectivity index (χ4n) is 3.30. The highest BCUT2D eigenvalue weighted by atomic mass is 14.3. The van der Waals surface area contributed by atoms with Crippen molar-refractivity contribution in [2.45, 2.75) is 65.2 Å². The van der Waals surface area contributed by atoms with Gasteiger partial charge in [-0.25, -0.2) is 0 Å². The van der Waals surface area contributed by atoms with Gasteiger partial charge in [-0.2, -0.15) is 0 Å². The summed E-state index contributed by atoms with van der Waals surface area (Å²) in [4.78, 5) is 0. The Balaban J connectivity index is 2.03. The van der Waals surface area contributed by atoms with E-state index in [-0.39, 0.29) is 10.8 Å². The van der Waals surface area contributed by atoms with E-state index < -0.39 is 0 Å². The minimum atomic E-state index is 0.221. The van der Waals surface area contributed by atoms with Crippen LogP contribution in [-0.4, -0.2) is 0 Å². The first-order valence-electron chi connectivity index (χ1n) is 8.49. The van der Waals surface area contributed by atoms with Crippen LogP contribution in [0.15, 0.2) is 36.4 Å². The lowest BCUT2D eigenvalue weighted by atomic mass is 9.81. The molecule has 0 N–H and O–H groups in total. The molecule has 0 radical (unpaired) electrons. The summed E-state index contributed by atoms with van der Waals surface area (Å²) in [7, 11) is 0. The molecule has 0 saturated heterocycles. The molecule has 0 nitrogen and oxygen atoms in total. The highest BCUT2D eigenvalue weighted by molar-refractivity contribution is 5.77. The van der Waals surface area contributed by atoms with E-state index in [0.717, 1.165) is 6.42 Å². The number of hydrogen-bond acceptors (Lipinski definition) is 0. The molecule has 0 aliphatic heterocycles. The first-order chi connectivity index (χ1) is 10.2. The standard InChI is InChI=1S/C22H28/c1-7-22(5,6)18-9-11-20-16(14-18)12-15-13-17(21(2,3)4)8-10-19(15)20/h8-11,13-14H,7,12H2,1-6H3. The maximum Gasteiger partial charge on any atom is -0.00132 e. The van der Waals surface area contributed by atoms with Gasteiger partial charge in [0.2, 0.25) is 0 Å². The van der Waals surface area contributed by atoms with Crippen LogP contribution in [0.4, 0.5) is 0 Å². The Hall–Kier alpha value is -1.56. The molecular weight excluding hydrogens is 264 g/mol. The third-order valence-corrected chi connectivity index (χ3v) is 5.41. The van der Waals surface area contributed by atoms with Crippen molar-refractivity contribution in [2.24, 2.45) is 0 Å². The average molecular weight is 292 g/mol. The Morgan fingerprint density at radius 2 is 1.27 bits per heavy atom. The van der Waals surface area contributed by atoms with Crippen LogP contribution in [0.2, 0.25) is 0 Å². The summed E-state index contributed by atoms with van der Waals surface area (Å²) in [5.74, 6) is 0. The van der Waals surface area contributed by atoms with Crippen LogP contribution in [-0.2, 0) is 17.3 Å². The second kappa shape index (κ2) is 4.98. The van der Waals surface area contributed by atoms with Gasteiger partial charge in [0.1, 0.15) is 0 Å². The van der Waals surface area contributed by atoms with Gasteiger partial charge in [-0.05, 0) is 57.1 Å². The molecule has 116 valence electrons. The van der Waals surface area contributed by atoms with Crippen LogP contribution in [0.25, 0.3) is 11.1 Å². The SMILES string of the molecule is CCC(C)(C)c1ccc2c(c1)Cc1cc(C(C)(C)C)ccc1-2. The fraction of sp³-hybridized carbons (Fsp3) is 0.455. The van der Waals surface area contributed by atoms with E-state index in [2.05, 4.69) is 77.9 Å². The lowest BCUT2D eigenvalue weighted by Crippen LogP contribution is -2.15. The molecule has 0 heteroatoms. The van der Waals surface area contributed by atoms with Crippen molar-refractivity contribution in [3.8, 4) is 11.1 Å². The molecule has 0 saturated carbocycles. The van der Waals surface area contributed by atoms with Crippen LogP contribution < -0.4 is 0 Å². The zero-order chi connectivity index (χ0) is 16.1. The predicted octanol–water partition coefficient (Wildman–Crippen LogP) is 6.24. The molecule has 0 unspecified atom stereocenters. The van der Waals surface area contributed by atoms with Gasteiger partial charge in [-0.1, -0.05) is 77.9 Å². The normalized spacial score (nSPS) is 13.9. The number of benzene rings is 2. The third-order valence-electron chi connectivity index (χ3n) is 5.41. The van der Waals surface area contributed by atoms with Gasteiger partial charge in [0.15, 0.2) is 0 Å². The highest BCUT2D eigenvalue weighted by Gasteiger charge is 2.24. The quantitative estimate of drug-likeness (QED) is 0.524. The smallest absolute Gasteiger partial charge is 0.00132 e. The molecule has 1 aliphatic carbocycles. The van der Waals surface area contributed by atoms with Gasteiger partial charge in [0.25, 0.3) is 0 Å². The van der Waals surface area contributed by atoms with Gasteiger partial charge in [-0.15, -0.1) is 0 Å². The van der Waals surface area contributed by atoms with E-state index >= 15 is 0 Å². The van der Waals surface area contributed by atoms with E-state index in [9.17, 15) is 0 Å². The van der Waals surface area contributed by atoms with E-state index in [4.69, 9.17) is 0 Å². The van der Waals surface area contributed by atoms with Crippen molar-refractivity contribution in [1.82, 2.24) is 0 Å². The summed E-state index contributed by atoms with van der Waals surface area (Å²) in [5.41, 5.74) is 9.26. The summed E-state index contributed by atoms with van der Waals surface area (Å²) in [6, 6.07) is 14.2. The molecule has 22 heavy (non-hydrogen) atoms. The first-order valence-corrected chi connectivity index (χ1v) is 8.49. The van der Waals surface area contributed by atoms with Crippen molar-refractivity contribution in [1.29, 1.82) is 0 Å². The average Bonchev–Trinajstić information content (AvgIpc) is 2.82. The maximum atomic E-state index is 2.44. The summed E-state index contributed by atoms with van der Waals surface area (Å²) in [6.07, 6.45) is 2.26. The Kier molecular flexibility index (Phi) is 3.47. The highest BCUT2D eigenvalue weighted by Crippen LogP contribution is 2.40. The Morgan fingerprint density at radius 1 is 0.773 bits per heavy atom. The van der Waals surface area contributed by atoms with Crippen LogP contribution >= 0.6 is 0 Å². The van der Waals surface area contributed by atoms with E-state index in [1.165, 1.54) is 39.8 Å². The van der Waals surface area contributed by atoms with Gasteiger partial charge in [-0.3, -0.25) is 0 Å². The Morgan fingerprint density at radius 3 is 1.77 bits per heavy atom. The van der Waals surface area contributed by atoms with Crippen LogP contribution in [0.5, 0.6) is 0 Å². The molecular formula is C22H28. The van der Waals surface area contributed by atoms with Gasteiger partial charge in [0, 0.05) is 0 Å². The molecule has 0 aromatic heterocycles. The van der Waals surface area contributed by atoms with Crippen LogP contribution in [0.3, 0.4) is 0 Å². The minimum Gasteiger partial charge on any atom is -0.0646 e. The summed E-state index contributed by atoms with van der Waals surface area (Å²) in [5, 5.41) is 0. The fourth-order valence-corrected chi connectivity index (χ4v) is 3.30. The molecule has 3 rings (SSSR count). The van der Waals surface area contributed by atoms with E-state index in [1.54, 1.807) is 0 Å². The van der Waals surface area contributed by atoms with Crippen molar-refractivity contribution >= 4 is 0 Å². The lowest BCUT2D eigenvalue weighted by Gasteiger charge is -2.24. The predicted molar refractivity (Wildman–Crippen MR) is 96.7 cm³/mol. The molecule has 0 amide bonds. The molecule has 1 aliphatic rings. The lowest BCUT2D eigenvalue weighted by molar-refractivity contribution is 0.506. The molecule has 0 atom stereocenters. The second-order valence-electron chi connectivity index (χ2n) is 8.41. The summed E-state index contributed by atoms with van der Waals surface area (Å²) in [6.45, 7) is 13.8. The van der Waals surface area contributed by atoms with E-state index in [1.807, 2.05) is 0 Å². The van der Waals surface area contributed by atoms with Crippen LogP contribution in [0.1, 0.15) is 70.2 Å². The Labute approximate surface area is 135 Å². The summed E-state index contributed by atoms with van der Waals surface area (Å²) >= 11 is 0. The maximum absolute atomic E-state index is 2.44. The number of rotatable bonds is 2. The van der Waals surface area contributed by atoms with Crippen molar-refractivity contribution in [3.63, 3.8) is 0 Å². The van der Waals surface area contributed by atoms with Crippen LogP contribution in [0, 0.1) is 0 Å². The topological polar surface area (TPSA) is 0 Å². The molecule has 0 spiro atoms. The van der Waals surface area contributed by atoms with Crippen molar-refractivity contribution in [3.05, 3.63) is 58.7 Å². The second-order valence-corrected chi connectivity index (χ2v) is 8.41. The number of fused-ring (bicyclic) bond motifs is 3. The zero-order valence-electron chi connectivity index (χ0n) is 14.9.